The Bertz CT molecular complexity index is 864. The summed E-state index contributed by atoms with van der Waals surface area (Å²) in [6.45, 7) is 0.318. The van der Waals surface area contributed by atoms with E-state index in [4.69, 9.17) is 57.3 Å². The standard InChI is InChI=1S/C18H36Cl2N14O3/c19-9-13(23)31-11(21)7(29-9)15(36)33-17(25)27-5-3-1-2-4-6(35)28-18(26)34-16(37)8-12(22)32-14(24)10(20)30-8/h7-14,29-32H,1-5,21-24H2,(H3,25,27,33,36)(H3,26,28,34,35,37). The Morgan fingerprint density at radius 2 is 1.27 bits per heavy atom. The van der Waals surface area contributed by atoms with Crippen LogP contribution >= 0.6 is 23.2 Å². The van der Waals surface area contributed by atoms with Crippen LogP contribution in [-0.2, 0) is 14.4 Å². The van der Waals surface area contributed by atoms with Gasteiger partial charge >= 0.3 is 0 Å². The van der Waals surface area contributed by atoms with E-state index in [1.807, 2.05) is 0 Å². The van der Waals surface area contributed by atoms with Crippen LogP contribution in [0.15, 0.2) is 4.99 Å². The molecule has 8 atom stereocenters. The van der Waals surface area contributed by atoms with Crippen molar-refractivity contribution < 1.29 is 14.4 Å². The van der Waals surface area contributed by atoms with Crippen LogP contribution in [0.3, 0.4) is 0 Å². The fourth-order valence-electron chi connectivity index (χ4n) is 3.49. The molecule has 0 spiro atoms. The van der Waals surface area contributed by atoms with Crippen molar-refractivity contribution in [3.05, 3.63) is 0 Å². The van der Waals surface area contributed by atoms with E-state index in [1.165, 1.54) is 0 Å². The normalized spacial score (nSPS) is 32.3. The molecule has 0 aliphatic carbocycles. The zero-order valence-corrected chi connectivity index (χ0v) is 21.5. The molecule has 19 heteroatoms. The minimum atomic E-state index is -0.944. The number of guanidine groups is 2. The molecule has 0 aromatic heterocycles. The average Bonchev–Trinajstić information content (AvgIpc) is 2.80. The number of nitrogens with zero attached hydrogens (tertiary/aromatic N) is 1. The van der Waals surface area contributed by atoms with E-state index in [2.05, 4.69) is 42.2 Å². The third-order valence-corrected chi connectivity index (χ3v) is 6.26. The molecule has 0 aromatic rings. The predicted octanol–water partition coefficient (Wildman–Crippen LogP) is -5.46. The molecule has 0 radical (unpaired) electrons. The van der Waals surface area contributed by atoms with Crippen LogP contribution < -0.4 is 65.9 Å². The fourth-order valence-corrected chi connectivity index (χ4v) is 3.91. The zero-order valence-electron chi connectivity index (χ0n) is 20.0. The molecule has 8 unspecified atom stereocenters. The van der Waals surface area contributed by atoms with Crippen LogP contribution in [0.1, 0.15) is 25.7 Å². The molecule has 2 heterocycles. The van der Waals surface area contributed by atoms with Crippen molar-refractivity contribution in [3.63, 3.8) is 0 Å². The summed E-state index contributed by atoms with van der Waals surface area (Å²) >= 11 is 11.9. The van der Waals surface area contributed by atoms with Gasteiger partial charge in [0.15, 0.2) is 5.96 Å². The molecule has 2 aliphatic heterocycles. The molecule has 2 rings (SSSR count). The van der Waals surface area contributed by atoms with Gasteiger partial charge < -0.3 is 28.7 Å². The Labute approximate surface area is 223 Å². The maximum Gasteiger partial charge on any atom is 0.246 e. The summed E-state index contributed by atoms with van der Waals surface area (Å²) in [7, 11) is 0. The fraction of sp³-hybridized carbons (Fsp3) is 0.722. The number of unbranched alkanes of at least 4 members (excludes halogenated alkanes) is 2. The van der Waals surface area contributed by atoms with Gasteiger partial charge in [0.2, 0.25) is 23.7 Å². The van der Waals surface area contributed by atoms with E-state index in [9.17, 15) is 14.4 Å². The van der Waals surface area contributed by atoms with E-state index in [0.717, 1.165) is 0 Å². The highest BCUT2D eigenvalue weighted by atomic mass is 35.5. The number of hydrogen-bond acceptors (Lipinski definition) is 13. The van der Waals surface area contributed by atoms with Crippen molar-refractivity contribution in [3.8, 4) is 0 Å². The molecule has 210 valence electrons. The number of carbonyl (C=O) groups excluding carboxylic acids is 3. The van der Waals surface area contributed by atoms with Gasteiger partial charge in [0.05, 0.1) is 24.7 Å². The number of piperazine rings is 2. The third-order valence-electron chi connectivity index (χ3n) is 5.47. The van der Waals surface area contributed by atoms with Gasteiger partial charge in [0.1, 0.15) is 23.1 Å². The van der Waals surface area contributed by atoms with Crippen molar-refractivity contribution >= 4 is 52.8 Å². The summed E-state index contributed by atoms with van der Waals surface area (Å²) in [4.78, 5) is 40.7. The second-order valence-electron chi connectivity index (χ2n) is 8.51. The zero-order chi connectivity index (χ0) is 27.7. The molecular weight excluding hydrogens is 531 g/mol. The van der Waals surface area contributed by atoms with Crippen LogP contribution in [-0.4, -0.2) is 83.9 Å². The Kier molecular flexibility index (Phi) is 12.3. The first-order valence-corrected chi connectivity index (χ1v) is 12.4. The van der Waals surface area contributed by atoms with Gasteiger partial charge in [-0.05, 0) is 12.8 Å². The van der Waals surface area contributed by atoms with Gasteiger partial charge in [0, 0.05) is 13.0 Å². The number of rotatable bonds is 8. The summed E-state index contributed by atoms with van der Waals surface area (Å²) in [6.07, 6.45) is -0.976. The second kappa shape index (κ2) is 14.7. The minimum Gasteiger partial charge on any atom is -0.370 e. The molecule has 0 bridgehead atoms. The molecule has 3 amide bonds. The largest absolute Gasteiger partial charge is 0.370 e. The van der Waals surface area contributed by atoms with Crippen molar-refractivity contribution in [1.29, 1.82) is 5.41 Å². The summed E-state index contributed by atoms with van der Waals surface area (Å²) < 4.78 is 0. The molecule has 0 aromatic carbocycles. The van der Waals surface area contributed by atoms with E-state index in [0.29, 0.717) is 25.8 Å². The first-order chi connectivity index (χ1) is 17.4. The molecular formula is C18H36Cl2N14O3. The first-order valence-electron chi connectivity index (χ1n) is 11.5. The van der Waals surface area contributed by atoms with Crippen molar-refractivity contribution in [1.82, 2.24) is 37.2 Å². The molecule has 2 aliphatic rings. The van der Waals surface area contributed by atoms with Crippen LogP contribution in [0.2, 0.25) is 0 Å². The van der Waals surface area contributed by atoms with Crippen molar-refractivity contribution in [2.75, 3.05) is 6.54 Å². The predicted molar refractivity (Wildman–Crippen MR) is 138 cm³/mol. The number of nitrogens with one attached hydrogen (secondary N) is 8. The number of nitrogens with two attached hydrogens (primary N) is 5. The number of halogens is 2. The highest BCUT2D eigenvalue weighted by molar-refractivity contribution is 6.21. The molecule has 2 fully saturated rings. The van der Waals surface area contributed by atoms with E-state index in [1.54, 1.807) is 0 Å². The lowest BCUT2D eigenvalue weighted by Crippen LogP contribution is -2.73. The Morgan fingerprint density at radius 3 is 1.81 bits per heavy atom. The number of alkyl halides is 2. The molecule has 18 N–H and O–H groups in total. The van der Waals surface area contributed by atoms with Crippen LogP contribution in [0.5, 0.6) is 0 Å². The topological polar surface area (TPSA) is 302 Å². The van der Waals surface area contributed by atoms with Crippen molar-refractivity contribution in [2.24, 2.45) is 33.7 Å². The summed E-state index contributed by atoms with van der Waals surface area (Å²) in [5, 5.41) is 25.8. The first kappa shape index (κ1) is 31.0. The molecule has 0 saturated carbocycles. The third kappa shape index (κ3) is 9.89. The maximum atomic E-state index is 12.3. The van der Waals surface area contributed by atoms with E-state index < -0.39 is 71.4 Å². The van der Waals surface area contributed by atoms with E-state index >= 15 is 0 Å². The number of aliphatic imine (C=N–C) groups is 1. The number of carbonyl (C=O) groups is 3. The quantitative estimate of drug-likeness (QED) is 0.0430. The molecule has 37 heavy (non-hydrogen) atoms. The molecule has 17 nitrogen and oxygen atoms in total. The minimum absolute atomic E-state index is 0.0771. The van der Waals surface area contributed by atoms with Gasteiger partial charge in [-0.25, -0.2) is 0 Å². The van der Waals surface area contributed by atoms with Gasteiger partial charge in [-0.3, -0.25) is 62.0 Å². The summed E-state index contributed by atoms with van der Waals surface area (Å²) in [6, 6.07) is -1.79. The highest BCUT2D eigenvalue weighted by Crippen LogP contribution is 2.07. The average molecular weight is 567 g/mol. The van der Waals surface area contributed by atoms with Gasteiger partial charge in [-0.15, -0.1) is 23.2 Å². The molecule has 2 saturated heterocycles. The second-order valence-corrected chi connectivity index (χ2v) is 9.45. The van der Waals surface area contributed by atoms with Crippen LogP contribution in [0.4, 0.5) is 0 Å². The summed E-state index contributed by atoms with van der Waals surface area (Å²) in [5.41, 5.74) is 27.4. The van der Waals surface area contributed by atoms with Crippen LogP contribution in [0.25, 0.3) is 0 Å². The van der Waals surface area contributed by atoms with Gasteiger partial charge in [-0.2, -0.15) is 0 Å². The Balaban J connectivity index is 1.60. The Hall–Kier alpha value is -2.19. The highest BCUT2D eigenvalue weighted by Gasteiger charge is 2.37. The number of hydrogen-bond donors (Lipinski definition) is 13. The lowest BCUT2D eigenvalue weighted by molar-refractivity contribution is -0.124. The van der Waals surface area contributed by atoms with Crippen molar-refractivity contribution in [2.45, 2.75) is 73.4 Å². The number of amides is 3. The van der Waals surface area contributed by atoms with Gasteiger partial charge in [0.25, 0.3) is 0 Å². The van der Waals surface area contributed by atoms with E-state index in [-0.39, 0.29) is 12.4 Å². The Morgan fingerprint density at radius 1 is 0.757 bits per heavy atom. The lowest BCUT2D eigenvalue weighted by Gasteiger charge is -2.36. The monoisotopic (exact) mass is 566 g/mol. The summed E-state index contributed by atoms with van der Waals surface area (Å²) in [5.74, 6) is -2.16. The van der Waals surface area contributed by atoms with Crippen LogP contribution in [0, 0.1) is 5.41 Å². The lowest BCUT2D eigenvalue weighted by atomic mass is 10.1. The van der Waals surface area contributed by atoms with Gasteiger partial charge in [-0.1, -0.05) is 6.42 Å². The smallest absolute Gasteiger partial charge is 0.246 e. The SMILES string of the molecule is N=C(NC(=O)CCCCCN=C(N)NC(=O)C1NC(Cl)C(N)NC1N)NC(=O)C1NC(Cl)C(N)NC1N. The maximum absolute atomic E-state index is 12.3.